The highest BCUT2D eigenvalue weighted by atomic mass is 32.1. The number of hydrogen-bond donors (Lipinski definition) is 1. The van der Waals surface area contributed by atoms with Crippen LogP contribution in [0.2, 0.25) is 0 Å². The predicted octanol–water partition coefficient (Wildman–Crippen LogP) is 2.77. The molecule has 0 fully saturated rings. The second kappa shape index (κ2) is 5.94. The highest BCUT2D eigenvalue weighted by Crippen LogP contribution is 2.26. The summed E-state index contributed by atoms with van der Waals surface area (Å²) in [5.41, 5.74) is 7.40. The van der Waals surface area contributed by atoms with Crippen molar-refractivity contribution in [1.29, 1.82) is 0 Å². The van der Waals surface area contributed by atoms with Crippen LogP contribution in [0.1, 0.15) is 38.4 Å². The Labute approximate surface area is 108 Å². The molecule has 2 N–H and O–H groups in total. The number of nitrogens with zero attached hydrogens (tertiary/aromatic N) is 1. The summed E-state index contributed by atoms with van der Waals surface area (Å²) in [6.07, 6.45) is 0.859. The van der Waals surface area contributed by atoms with Crippen LogP contribution >= 0.6 is 11.3 Å². The number of nitrogens with two attached hydrogens (primary N) is 1. The van der Waals surface area contributed by atoms with Crippen molar-refractivity contribution in [2.24, 2.45) is 11.1 Å². The number of ether oxygens (including phenoxy) is 1. The quantitative estimate of drug-likeness (QED) is 0.881. The molecule has 0 bridgehead atoms. The largest absolute Gasteiger partial charge is 0.376 e. The summed E-state index contributed by atoms with van der Waals surface area (Å²) in [6.45, 7) is 11.2. The van der Waals surface area contributed by atoms with Crippen molar-refractivity contribution in [3.63, 3.8) is 0 Å². The first-order valence-corrected chi connectivity index (χ1v) is 7.00. The number of thiazole rings is 1. The first-order chi connectivity index (χ1) is 7.84. The summed E-state index contributed by atoms with van der Waals surface area (Å²) in [7, 11) is 0. The average Bonchev–Trinajstić information content (AvgIpc) is 2.58. The zero-order valence-electron chi connectivity index (χ0n) is 11.5. The summed E-state index contributed by atoms with van der Waals surface area (Å²) in [5.74, 6) is 0. The van der Waals surface area contributed by atoms with Crippen molar-refractivity contribution in [3.05, 3.63) is 16.1 Å². The molecule has 0 saturated carbocycles. The highest BCUT2D eigenvalue weighted by Gasteiger charge is 2.31. The molecule has 0 aromatic carbocycles. The highest BCUT2D eigenvalue weighted by molar-refractivity contribution is 7.09. The van der Waals surface area contributed by atoms with Crippen LogP contribution in [0, 0.1) is 12.3 Å². The molecule has 0 aliphatic rings. The van der Waals surface area contributed by atoms with Crippen LogP contribution in [-0.4, -0.2) is 23.7 Å². The lowest BCUT2D eigenvalue weighted by molar-refractivity contribution is -0.0274. The first kappa shape index (κ1) is 14.6. The first-order valence-electron chi connectivity index (χ1n) is 6.12. The Morgan fingerprint density at radius 1 is 1.47 bits per heavy atom. The number of hydrogen-bond acceptors (Lipinski definition) is 4. The zero-order valence-corrected chi connectivity index (χ0v) is 12.3. The maximum atomic E-state index is 6.27. The van der Waals surface area contributed by atoms with Gasteiger partial charge in [-0.15, -0.1) is 11.3 Å². The molecule has 0 aliphatic heterocycles. The van der Waals surface area contributed by atoms with E-state index in [0.717, 1.165) is 17.1 Å². The Kier molecular flexibility index (Phi) is 5.10. The Morgan fingerprint density at radius 2 is 2.12 bits per heavy atom. The fraction of sp³-hybridized carbons (Fsp3) is 0.769. The Hall–Kier alpha value is -0.450. The molecule has 98 valence electrons. The van der Waals surface area contributed by atoms with E-state index in [1.165, 1.54) is 0 Å². The van der Waals surface area contributed by atoms with Crippen molar-refractivity contribution < 1.29 is 4.74 Å². The van der Waals surface area contributed by atoms with Gasteiger partial charge in [-0.3, -0.25) is 0 Å². The van der Waals surface area contributed by atoms with Crippen LogP contribution in [0.15, 0.2) is 5.38 Å². The van der Waals surface area contributed by atoms with Gasteiger partial charge >= 0.3 is 0 Å². The second-order valence-corrected chi connectivity index (χ2v) is 6.44. The third kappa shape index (κ3) is 4.37. The summed E-state index contributed by atoms with van der Waals surface area (Å²) >= 11 is 1.68. The van der Waals surface area contributed by atoms with Crippen LogP contribution in [0.25, 0.3) is 0 Å². The minimum absolute atomic E-state index is 0.000463. The van der Waals surface area contributed by atoms with Gasteiger partial charge in [-0.25, -0.2) is 4.98 Å². The van der Waals surface area contributed by atoms with E-state index in [4.69, 9.17) is 10.5 Å². The van der Waals surface area contributed by atoms with E-state index < -0.39 is 0 Å². The Bertz CT molecular complexity index is 343. The minimum Gasteiger partial charge on any atom is -0.376 e. The van der Waals surface area contributed by atoms with Crippen molar-refractivity contribution >= 4 is 11.3 Å². The van der Waals surface area contributed by atoms with E-state index in [0.29, 0.717) is 6.61 Å². The van der Waals surface area contributed by atoms with Gasteiger partial charge in [0, 0.05) is 30.1 Å². The maximum Gasteiger partial charge on any atom is 0.0944 e. The lowest BCUT2D eigenvalue weighted by atomic mass is 9.84. The van der Waals surface area contributed by atoms with E-state index >= 15 is 0 Å². The van der Waals surface area contributed by atoms with Gasteiger partial charge in [0.2, 0.25) is 0 Å². The van der Waals surface area contributed by atoms with Gasteiger partial charge in [0.1, 0.15) is 0 Å². The van der Waals surface area contributed by atoms with E-state index in [-0.39, 0.29) is 17.6 Å². The van der Waals surface area contributed by atoms with E-state index in [1.807, 2.05) is 13.8 Å². The Morgan fingerprint density at radius 3 is 2.53 bits per heavy atom. The van der Waals surface area contributed by atoms with Crippen LogP contribution in [-0.2, 0) is 11.2 Å². The lowest BCUT2D eigenvalue weighted by Crippen LogP contribution is -2.46. The Balaban J connectivity index is 2.68. The molecule has 0 amide bonds. The third-order valence-corrected chi connectivity index (χ3v) is 3.65. The summed E-state index contributed by atoms with van der Waals surface area (Å²) < 4.78 is 5.80. The molecule has 1 aromatic rings. The van der Waals surface area contributed by atoms with Crippen molar-refractivity contribution in [3.8, 4) is 0 Å². The molecule has 0 aliphatic carbocycles. The average molecular weight is 256 g/mol. The lowest BCUT2D eigenvalue weighted by Gasteiger charge is -2.34. The fourth-order valence-electron chi connectivity index (χ4n) is 2.00. The summed E-state index contributed by atoms with van der Waals surface area (Å²) in [6, 6.07) is 0.000463. The topological polar surface area (TPSA) is 48.1 Å². The second-order valence-electron chi connectivity index (χ2n) is 5.49. The summed E-state index contributed by atoms with van der Waals surface area (Å²) in [4.78, 5) is 4.46. The number of aromatic nitrogens is 1. The number of rotatable bonds is 5. The van der Waals surface area contributed by atoms with Gasteiger partial charge in [-0.2, -0.15) is 0 Å². The molecule has 3 nitrogen and oxygen atoms in total. The fourth-order valence-corrected chi connectivity index (χ4v) is 2.85. The predicted molar refractivity (Wildman–Crippen MR) is 73.4 cm³/mol. The number of aryl methyl sites for hydroxylation is 1. The zero-order chi connectivity index (χ0) is 13.1. The van der Waals surface area contributed by atoms with Crippen LogP contribution in [0.3, 0.4) is 0 Å². The van der Waals surface area contributed by atoms with Gasteiger partial charge in [0.25, 0.3) is 0 Å². The summed E-state index contributed by atoms with van der Waals surface area (Å²) in [5, 5.41) is 3.17. The van der Waals surface area contributed by atoms with Crippen LogP contribution in [0.5, 0.6) is 0 Å². The molecule has 17 heavy (non-hydrogen) atoms. The van der Waals surface area contributed by atoms with Gasteiger partial charge in [0.15, 0.2) is 0 Å². The SMILES string of the molecule is CCOC(C(N)Cc1nc(C)cs1)C(C)(C)C. The monoisotopic (exact) mass is 256 g/mol. The van der Waals surface area contributed by atoms with Gasteiger partial charge in [0.05, 0.1) is 11.1 Å². The minimum atomic E-state index is 0.000463. The molecular weight excluding hydrogens is 232 g/mol. The maximum absolute atomic E-state index is 6.27. The molecule has 2 unspecified atom stereocenters. The van der Waals surface area contributed by atoms with Crippen molar-refractivity contribution in [2.75, 3.05) is 6.61 Å². The molecular formula is C13H24N2OS. The molecule has 0 spiro atoms. The molecule has 2 atom stereocenters. The smallest absolute Gasteiger partial charge is 0.0944 e. The third-order valence-electron chi connectivity index (χ3n) is 2.67. The standard InChI is InChI=1S/C13H24N2OS/c1-6-16-12(13(3,4)5)10(14)7-11-15-9(2)8-17-11/h8,10,12H,6-7,14H2,1-5H3. The molecule has 1 aromatic heterocycles. The van der Waals surface area contributed by atoms with Gasteiger partial charge in [-0.05, 0) is 19.3 Å². The molecule has 4 heteroatoms. The molecule has 0 radical (unpaired) electrons. The van der Waals surface area contributed by atoms with Crippen LogP contribution < -0.4 is 5.73 Å². The normalized spacial score (nSPS) is 15.9. The van der Waals surface area contributed by atoms with Crippen molar-refractivity contribution in [2.45, 2.75) is 53.2 Å². The molecule has 1 rings (SSSR count). The molecule has 0 saturated heterocycles. The van der Waals surface area contributed by atoms with Crippen LogP contribution in [0.4, 0.5) is 0 Å². The van der Waals surface area contributed by atoms with Gasteiger partial charge in [-0.1, -0.05) is 20.8 Å². The molecule has 1 heterocycles. The van der Waals surface area contributed by atoms with E-state index in [2.05, 4.69) is 31.1 Å². The van der Waals surface area contributed by atoms with Crippen molar-refractivity contribution in [1.82, 2.24) is 4.98 Å². The van der Waals surface area contributed by atoms with E-state index in [9.17, 15) is 0 Å². The van der Waals surface area contributed by atoms with E-state index in [1.54, 1.807) is 11.3 Å². The van der Waals surface area contributed by atoms with Gasteiger partial charge < -0.3 is 10.5 Å².